The van der Waals surface area contributed by atoms with Gasteiger partial charge in [-0.05, 0) is 44.4 Å². The van der Waals surface area contributed by atoms with Crippen molar-refractivity contribution in [3.8, 4) is 0 Å². The van der Waals surface area contributed by atoms with Crippen molar-refractivity contribution in [2.24, 2.45) is 4.99 Å². The van der Waals surface area contributed by atoms with Gasteiger partial charge < -0.3 is 20.1 Å². The van der Waals surface area contributed by atoms with E-state index in [1.54, 1.807) is 38.4 Å². The van der Waals surface area contributed by atoms with Gasteiger partial charge in [-0.25, -0.2) is 13.1 Å². The van der Waals surface area contributed by atoms with Gasteiger partial charge in [0.25, 0.3) is 0 Å². The fraction of sp³-hybridized carbons (Fsp3) is 0.632. The molecule has 0 aromatic heterocycles. The third kappa shape index (κ3) is 8.75. The van der Waals surface area contributed by atoms with Crippen LogP contribution in [0, 0.1) is 0 Å². The minimum atomic E-state index is -3.53. The number of aliphatic imine (C=N–C) groups is 1. The monoisotopic (exact) mass is 540 g/mol. The molecule has 1 heterocycles. The molecule has 1 fully saturated rings. The number of ether oxygens (including phenoxy) is 2. The largest absolute Gasteiger partial charge is 0.377 e. The Kier molecular flexibility index (Phi) is 10.8. The minimum Gasteiger partial charge on any atom is -0.377 e. The molecule has 8 nitrogen and oxygen atoms in total. The second-order valence-electron chi connectivity index (χ2n) is 7.37. The number of benzene rings is 1. The summed E-state index contributed by atoms with van der Waals surface area (Å²) in [5.74, 6) is 0.653. The third-order valence-electron chi connectivity index (χ3n) is 4.68. The predicted molar refractivity (Wildman–Crippen MR) is 125 cm³/mol. The van der Waals surface area contributed by atoms with E-state index in [0.717, 1.165) is 18.4 Å². The van der Waals surface area contributed by atoms with E-state index in [1.165, 1.54) is 0 Å². The number of nitrogens with one attached hydrogen (secondary N) is 3. The predicted octanol–water partition coefficient (Wildman–Crippen LogP) is 1.85. The Labute approximate surface area is 191 Å². The molecule has 1 aliphatic rings. The first kappa shape index (κ1) is 26.1. The quantitative estimate of drug-likeness (QED) is 0.251. The fourth-order valence-corrected chi connectivity index (χ4v) is 3.72. The standard InChI is InChI=1S/C19H32N4O4S.HI/c1-19(2,26-4)14-22-18(20-3)21-12-15-7-9-17(10-8-15)28(24,25)23-13-16-6-5-11-27-16;/h7-10,16,23H,5-6,11-14H2,1-4H3,(H2,20,21,22);1H. The normalized spacial score (nSPS) is 17.7. The van der Waals surface area contributed by atoms with Gasteiger partial charge >= 0.3 is 0 Å². The highest BCUT2D eigenvalue weighted by molar-refractivity contribution is 14.0. The Bertz CT molecular complexity index is 748. The van der Waals surface area contributed by atoms with Gasteiger partial charge in [-0.15, -0.1) is 24.0 Å². The Hall–Kier alpha value is -0.950. The number of rotatable bonds is 9. The van der Waals surface area contributed by atoms with Crippen LogP contribution in [0.5, 0.6) is 0 Å². The lowest BCUT2D eigenvalue weighted by atomic mass is 10.1. The molecule has 0 spiro atoms. The van der Waals surface area contributed by atoms with E-state index in [-0.39, 0.29) is 40.6 Å². The van der Waals surface area contributed by atoms with E-state index in [0.29, 0.717) is 32.2 Å². The molecule has 0 amide bonds. The van der Waals surface area contributed by atoms with E-state index < -0.39 is 10.0 Å². The van der Waals surface area contributed by atoms with Gasteiger partial charge in [-0.3, -0.25) is 4.99 Å². The molecule has 166 valence electrons. The Morgan fingerprint density at radius 3 is 2.52 bits per heavy atom. The summed E-state index contributed by atoms with van der Waals surface area (Å²) in [5, 5.41) is 6.41. The van der Waals surface area contributed by atoms with E-state index in [1.807, 2.05) is 13.8 Å². The SMILES string of the molecule is CN=C(NCc1ccc(S(=O)(=O)NCC2CCCO2)cc1)NCC(C)(C)OC.I. The van der Waals surface area contributed by atoms with Crippen LogP contribution in [-0.4, -0.2) is 59.9 Å². The van der Waals surface area contributed by atoms with Gasteiger partial charge in [0.15, 0.2) is 5.96 Å². The van der Waals surface area contributed by atoms with Crippen LogP contribution in [0.25, 0.3) is 0 Å². The lowest BCUT2D eigenvalue weighted by molar-refractivity contribution is 0.0268. The molecule has 1 aromatic carbocycles. The van der Waals surface area contributed by atoms with Crippen LogP contribution in [-0.2, 0) is 26.0 Å². The average Bonchev–Trinajstić information content (AvgIpc) is 3.21. The maximum atomic E-state index is 12.4. The molecule has 1 unspecified atom stereocenters. The van der Waals surface area contributed by atoms with Crippen LogP contribution in [0.2, 0.25) is 0 Å². The van der Waals surface area contributed by atoms with Crippen molar-refractivity contribution in [3.63, 3.8) is 0 Å². The van der Waals surface area contributed by atoms with Crippen molar-refractivity contribution < 1.29 is 17.9 Å². The van der Waals surface area contributed by atoms with E-state index in [4.69, 9.17) is 9.47 Å². The van der Waals surface area contributed by atoms with Crippen LogP contribution >= 0.6 is 24.0 Å². The van der Waals surface area contributed by atoms with Gasteiger partial charge in [-0.1, -0.05) is 12.1 Å². The highest BCUT2D eigenvalue weighted by Gasteiger charge is 2.20. The maximum absolute atomic E-state index is 12.4. The topological polar surface area (TPSA) is 101 Å². The highest BCUT2D eigenvalue weighted by Crippen LogP contribution is 2.14. The summed E-state index contributed by atoms with van der Waals surface area (Å²) >= 11 is 0. The molecule has 1 aromatic rings. The van der Waals surface area contributed by atoms with Crippen LogP contribution in [0.15, 0.2) is 34.2 Å². The molecule has 29 heavy (non-hydrogen) atoms. The van der Waals surface area contributed by atoms with E-state index in [2.05, 4.69) is 20.3 Å². The average molecular weight is 540 g/mol. The van der Waals surface area contributed by atoms with E-state index >= 15 is 0 Å². The molecule has 3 N–H and O–H groups in total. The number of nitrogens with zero attached hydrogens (tertiary/aromatic N) is 1. The van der Waals surface area contributed by atoms with Crippen molar-refractivity contribution in [3.05, 3.63) is 29.8 Å². The minimum absolute atomic E-state index is 0. The molecule has 10 heteroatoms. The summed E-state index contributed by atoms with van der Waals surface area (Å²) in [6, 6.07) is 6.80. The van der Waals surface area contributed by atoms with Crippen molar-refractivity contribution >= 4 is 40.0 Å². The second kappa shape index (κ2) is 12.0. The zero-order valence-corrected chi connectivity index (χ0v) is 20.7. The Morgan fingerprint density at radius 2 is 1.97 bits per heavy atom. The van der Waals surface area contributed by atoms with Gasteiger partial charge in [0.1, 0.15) is 0 Å². The van der Waals surface area contributed by atoms with Crippen LogP contribution in [0.3, 0.4) is 0 Å². The second-order valence-corrected chi connectivity index (χ2v) is 9.14. The highest BCUT2D eigenvalue weighted by atomic mass is 127. The zero-order chi connectivity index (χ0) is 20.6. The Morgan fingerprint density at radius 1 is 1.28 bits per heavy atom. The molecule has 1 atom stereocenters. The maximum Gasteiger partial charge on any atom is 0.240 e. The van der Waals surface area contributed by atoms with Crippen molar-refractivity contribution in [2.75, 3.05) is 33.9 Å². The first-order valence-electron chi connectivity index (χ1n) is 9.45. The van der Waals surface area contributed by atoms with Gasteiger partial charge in [-0.2, -0.15) is 0 Å². The molecule has 0 bridgehead atoms. The number of guanidine groups is 1. The number of hydrogen-bond acceptors (Lipinski definition) is 5. The molecule has 0 radical (unpaired) electrons. The molecule has 1 aliphatic heterocycles. The molecular weight excluding hydrogens is 507 g/mol. The molecule has 0 aliphatic carbocycles. The molecular formula is C19H33IN4O4S. The van der Waals surface area contributed by atoms with Gasteiger partial charge in [0.2, 0.25) is 10.0 Å². The first-order chi connectivity index (χ1) is 13.3. The molecule has 2 rings (SSSR count). The van der Waals surface area contributed by atoms with Crippen molar-refractivity contribution in [2.45, 2.75) is 49.8 Å². The third-order valence-corrected chi connectivity index (χ3v) is 6.12. The summed E-state index contributed by atoms with van der Waals surface area (Å²) in [7, 11) is -0.160. The van der Waals surface area contributed by atoms with Gasteiger partial charge in [0, 0.05) is 40.4 Å². The number of methoxy groups -OCH3 is 1. The summed E-state index contributed by atoms with van der Waals surface area (Å²) in [5.41, 5.74) is 0.650. The zero-order valence-electron chi connectivity index (χ0n) is 17.5. The summed E-state index contributed by atoms with van der Waals surface area (Å²) in [6.45, 7) is 6.12. The fourth-order valence-electron chi connectivity index (χ4n) is 2.65. The smallest absolute Gasteiger partial charge is 0.240 e. The van der Waals surface area contributed by atoms with Crippen molar-refractivity contribution in [1.82, 2.24) is 15.4 Å². The number of hydrogen-bond donors (Lipinski definition) is 3. The lowest BCUT2D eigenvalue weighted by Gasteiger charge is -2.24. The number of sulfonamides is 1. The lowest BCUT2D eigenvalue weighted by Crippen LogP contribution is -2.45. The summed E-state index contributed by atoms with van der Waals surface area (Å²) in [4.78, 5) is 4.43. The van der Waals surface area contributed by atoms with Gasteiger partial charge in [0.05, 0.1) is 16.6 Å². The molecule has 0 saturated carbocycles. The van der Waals surface area contributed by atoms with Crippen LogP contribution in [0.1, 0.15) is 32.3 Å². The summed E-state index contributed by atoms with van der Waals surface area (Å²) in [6.07, 6.45) is 1.85. The van der Waals surface area contributed by atoms with Crippen LogP contribution < -0.4 is 15.4 Å². The molecule has 1 saturated heterocycles. The first-order valence-corrected chi connectivity index (χ1v) is 10.9. The van der Waals surface area contributed by atoms with Crippen LogP contribution in [0.4, 0.5) is 0 Å². The number of halogens is 1. The Balaban J connectivity index is 0.00000420. The summed E-state index contributed by atoms with van der Waals surface area (Å²) < 4.78 is 38.2. The van der Waals surface area contributed by atoms with E-state index in [9.17, 15) is 8.42 Å². The van der Waals surface area contributed by atoms with Crippen molar-refractivity contribution in [1.29, 1.82) is 0 Å².